The molecule has 7 nitrogen and oxygen atoms in total. The van der Waals surface area contributed by atoms with Crippen molar-refractivity contribution in [1.29, 1.82) is 0 Å². The molecule has 1 aliphatic heterocycles. The number of aryl methyl sites for hydroxylation is 2. The van der Waals surface area contributed by atoms with E-state index in [2.05, 4.69) is 21.6 Å². The van der Waals surface area contributed by atoms with Crippen LogP contribution in [0.2, 0.25) is 0 Å². The molecule has 0 saturated carbocycles. The lowest BCUT2D eigenvalue weighted by molar-refractivity contribution is 0.102. The number of hydrogen-bond acceptors (Lipinski definition) is 7. The molecule has 0 atom stereocenters. The summed E-state index contributed by atoms with van der Waals surface area (Å²) in [6, 6.07) is 9.43. The van der Waals surface area contributed by atoms with Crippen molar-refractivity contribution < 1.29 is 13.2 Å². The maximum Gasteiger partial charge on any atom is 0.234 e. The Hall–Kier alpha value is -2.17. The van der Waals surface area contributed by atoms with Crippen LogP contribution in [0.15, 0.2) is 47.2 Å². The molecule has 1 aromatic carbocycles. The topological polar surface area (TPSA) is 85.2 Å². The van der Waals surface area contributed by atoms with Crippen LogP contribution >= 0.6 is 23.1 Å². The van der Waals surface area contributed by atoms with E-state index < -0.39 is 10.0 Å². The predicted molar refractivity (Wildman–Crippen MR) is 120 cm³/mol. The number of sulfonamides is 1. The van der Waals surface area contributed by atoms with Gasteiger partial charge in [-0.25, -0.2) is 8.42 Å². The first kappa shape index (κ1) is 21.1. The van der Waals surface area contributed by atoms with E-state index in [9.17, 15) is 13.2 Å². The summed E-state index contributed by atoms with van der Waals surface area (Å²) in [6.45, 7) is 2.84. The summed E-state index contributed by atoms with van der Waals surface area (Å²) in [5, 5.41) is 10.9. The first-order valence-corrected chi connectivity index (χ1v) is 13.1. The van der Waals surface area contributed by atoms with Gasteiger partial charge in [0.15, 0.2) is 10.9 Å². The number of thiophene rings is 1. The maximum atomic E-state index is 12.7. The number of ketones is 1. The highest BCUT2D eigenvalue weighted by Gasteiger charge is 2.28. The quantitative estimate of drug-likeness (QED) is 0.358. The summed E-state index contributed by atoms with van der Waals surface area (Å²) in [5.74, 6) is 0.317. The number of carbonyl (C=O) groups is 1. The molecule has 158 valence electrons. The van der Waals surface area contributed by atoms with Gasteiger partial charge in [0.05, 0.1) is 17.2 Å². The Morgan fingerprint density at radius 1 is 1.30 bits per heavy atom. The normalized spacial score (nSPS) is 13.6. The lowest BCUT2D eigenvalue weighted by atomic mass is 10.1. The number of thioether (sulfide) groups is 1. The third kappa shape index (κ3) is 4.45. The van der Waals surface area contributed by atoms with E-state index in [-0.39, 0.29) is 17.3 Å². The molecule has 4 rings (SSSR count). The average molecular weight is 463 g/mol. The molecule has 0 amide bonds. The Labute approximate surface area is 184 Å². The summed E-state index contributed by atoms with van der Waals surface area (Å²) in [5.41, 5.74) is 2.19. The molecular formula is C20H22N4O3S3. The van der Waals surface area contributed by atoms with Gasteiger partial charge in [0.1, 0.15) is 6.33 Å². The Morgan fingerprint density at radius 2 is 2.17 bits per heavy atom. The molecule has 0 spiro atoms. The number of hydrogen-bond donors (Lipinski definition) is 0. The van der Waals surface area contributed by atoms with Crippen LogP contribution in [0.1, 0.15) is 27.7 Å². The fraction of sp³-hybridized carbons (Fsp3) is 0.350. The Balaban J connectivity index is 1.39. The van der Waals surface area contributed by atoms with Gasteiger partial charge in [0, 0.05) is 23.5 Å². The highest BCUT2D eigenvalue weighted by atomic mass is 32.2. The first-order valence-electron chi connectivity index (χ1n) is 9.67. The fourth-order valence-corrected chi connectivity index (χ4v) is 6.09. The monoisotopic (exact) mass is 462 g/mol. The number of anilines is 1. The fourth-order valence-electron chi connectivity index (χ4n) is 3.40. The number of nitrogens with zero attached hydrogens (tertiary/aromatic N) is 4. The van der Waals surface area contributed by atoms with Gasteiger partial charge in [-0.15, -0.1) is 21.5 Å². The predicted octanol–water partition coefficient (Wildman–Crippen LogP) is 3.27. The average Bonchev–Trinajstić information content (AvgIpc) is 3.50. The van der Waals surface area contributed by atoms with Gasteiger partial charge in [-0.2, -0.15) is 0 Å². The van der Waals surface area contributed by atoms with E-state index in [0.717, 1.165) is 23.7 Å². The van der Waals surface area contributed by atoms with Gasteiger partial charge in [0.25, 0.3) is 0 Å². The molecule has 0 saturated heterocycles. The van der Waals surface area contributed by atoms with E-state index in [1.54, 1.807) is 36.7 Å². The molecule has 0 radical (unpaired) electrons. The van der Waals surface area contributed by atoms with Crippen LogP contribution in [0, 0.1) is 0 Å². The zero-order valence-electron chi connectivity index (χ0n) is 16.5. The van der Waals surface area contributed by atoms with Crippen molar-refractivity contribution in [1.82, 2.24) is 14.8 Å². The molecular weight excluding hydrogens is 440 g/mol. The van der Waals surface area contributed by atoms with Crippen LogP contribution in [0.5, 0.6) is 0 Å². The van der Waals surface area contributed by atoms with Crippen molar-refractivity contribution in [2.75, 3.05) is 22.4 Å². The molecule has 3 heterocycles. The third-order valence-electron chi connectivity index (χ3n) is 5.05. The number of Topliss-reactive ketones (excluding diaryl/α,β-unsaturated/α-hetero) is 1. The molecule has 3 aromatic rings. The second kappa shape index (κ2) is 8.91. The van der Waals surface area contributed by atoms with Crippen LogP contribution < -0.4 is 4.31 Å². The van der Waals surface area contributed by atoms with Crippen LogP contribution in [-0.4, -0.2) is 47.0 Å². The summed E-state index contributed by atoms with van der Waals surface area (Å²) in [6.07, 6.45) is 3.22. The molecule has 30 heavy (non-hydrogen) atoms. The van der Waals surface area contributed by atoms with E-state index in [1.807, 2.05) is 16.7 Å². The second-order valence-electron chi connectivity index (χ2n) is 6.91. The number of fused-ring (bicyclic) bond motifs is 1. The minimum Gasteiger partial charge on any atom is -0.308 e. The highest BCUT2D eigenvalue weighted by Crippen LogP contribution is 2.31. The van der Waals surface area contributed by atoms with Crippen molar-refractivity contribution in [2.24, 2.45) is 0 Å². The molecule has 1 aliphatic rings. The molecule has 10 heteroatoms. The summed E-state index contributed by atoms with van der Waals surface area (Å²) in [4.78, 5) is 14.0. The van der Waals surface area contributed by atoms with E-state index in [0.29, 0.717) is 24.2 Å². The van der Waals surface area contributed by atoms with Gasteiger partial charge in [-0.1, -0.05) is 17.8 Å². The van der Waals surface area contributed by atoms with E-state index in [4.69, 9.17) is 0 Å². The van der Waals surface area contributed by atoms with Gasteiger partial charge in [-0.3, -0.25) is 9.10 Å². The van der Waals surface area contributed by atoms with Crippen LogP contribution in [0.3, 0.4) is 0 Å². The van der Waals surface area contributed by atoms with Gasteiger partial charge in [0.2, 0.25) is 10.0 Å². The Morgan fingerprint density at radius 3 is 2.93 bits per heavy atom. The lowest BCUT2D eigenvalue weighted by Crippen LogP contribution is -2.30. The third-order valence-corrected chi connectivity index (χ3v) is 8.74. The summed E-state index contributed by atoms with van der Waals surface area (Å²) in [7, 11) is -3.28. The smallest absolute Gasteiger partial charge is 0.234 e. The lowest BCUT2D eigenvalue weighted by Gasteiger charge is -2.18. The van der Waals surface area contributed by atoms with Gasteiger partial charge in [-0.05, 0) is 55.0 Å². The Bertz CT molecular complexity index is 1140. The number of benzene rings is 1. The molecule has 0 N–H and O–H groups in total. The molecule has 0 unspecified atom stereocenters. The van der Waals surface area contributed by atoms with Crippen LogP contribution in [-0.2, 0) is 29.4 Å². The maximum absolute atomic E-state index is 12.7. The zero-order valence-corrected chi connectivity index (χ0v) is 19.0. The van der Waals surface area contributed by atoms with Gasteiger partial charge >= 0.3 is 0 Å². The standard InChI is InChI=1S/C20H22N4O3S3/c1-2-30(26,27)24-10-7-15-12-16(5-6-18(15)24)19(25)13-29-20-22-21-14-23(20)9-8-17-4-3-11-28-17/h3-6,11-12,14H,2,7-10,13H2,1H3. The van der Waals surface area contributed by atoms with Crippen LogP contribution in [0.25, 0.3) is 0 Å². The first-order chi connectivity index (χ1) is 14.5. The molecule has 0 bridgehead atoms. The SMILES string of the molecule is CCS(=O)(=O)N1CCc2cc(C(=O)CSc3nncn3CCc3cccs3)ccc21. The van der Waals surface area contributed by atoms with Crippen molar-refractivity contribution in [3.8, 4) is 0 Å². The van der Waals surface area contributed by atoms with Crippen LogP contribution in [0.4, 0.5) is 5.69 Å². The van der Waals surface area contributed by atoms with Crippen molar-refractivity contribution in [2.45, 2.75) is 31.5 Å². The largest absolute Gasteiger partial charge is 0.308 e. The van der Waals surface area contributed by atoms with Crippen molar-refractivity contribution in [3.05, 3.63) is 58.0 Å². The summed E-state index contributed by atoms with van der Waals surface area (Å²) < 4.78 is 27.8. The van der Waals surface area contributed by atoms with E-state index in [1.165, 1.54) is 20.9 Å². The summed E-state index contributed by atoms with van der Waals surface area (Å²) >= 11 is 3.10. The number of aromatic nitrogens is 3. The second-order valence-corrected chi connectivity index (χ2v) is 11.1. The molecule has 2 aromatic heterocycles. The highest BCUT2D eigenvalue weighted by molar-refractivity contribution is 7.99. The molecule has 0 aliphatic carbocycles. The molecule has 0 fully saturated rings. The Kier molecular flexibility index (Phi) is 6.26. The van der Waals surface area contributed by atoms with Gasteiger partial charge < -0.3 is 4.57 Å². The zero-order chi connectivity index (χ0) is 21.1. The number of carbonyl (C=O) groups excluding carboxylic acids is 1. The minimum atomic E-state index is -3.28. The van der Waals surface area contributed by atoms with Crippen molar-refractivity contribution in [3.63, 3.8) is 0 Å². The minimum absolute atomic E-state index is 0.00703. The van der Waals surface area contributed by atoms with Crippen molar-refractivity contribution >= 4 is 44.6 Å². The van der Waals surface area contributed by atoms with E-state index >= 15 is 0 Å². The number of rotatable bonds is 9.